The Morgan fingerprint density at radius 1 is 1.17 bits per heavy atom. The highest BCUT2D eigenvalue weighted by atomic mass is 19.3. The van der Waals surface area contributed by atoms with Crippen LogP contribution in [0.25, 0.3) is 0 Å². The number of rotatable bonds is 3. The third-order valence-corrected chi connectivity index (χ3v) is 3.90. The van der Waals surface area contributed by atoms with Crippen LogP contribution in [0.1, 0.15) is 28.9 Å². The number of nitrogens with zero attached hydrogens (tertiary/aromatic N) is 3. The van der Waals surface area contributed by atoms with Crippen molar-refractivity contribution in [2.24, 2.45) is 0 Å². The van der Waals surface area contributed by atoms with Gasteiger partial charge in [-0.2, -0.15) is 4.98 Å². The Labute approximate surface area is 138 Å². The molecule has 0 bridgehead atoms. The van der Waals surface area contributed by atoms with Gasteiger partial charge in [-0.1, -0.05) is 18.2 Å². The van der Waals surface area contributed by atoms with Crippen LogP contribution in [-0.2, 0) is 0 Å². The molecule has 0 atom stereocenters. The summed E-state index contributed by atoms with van der Waals surface area (Å²) < 4.78 is 26.6. The van der Waals surface area contributed by atoms with Gasteiger partial charge in [0.05, 0.1) is 0 Å². The largest absolute Gasteiger partial charge is 0.340 e. The quantitative estimate of drug-likeness (QED) is 0.937. The predicted octanol–water partition coefficient (Wildman–Crippen LogP) is 3.27. The number of carbonyl (C=O) groups is 1. The Morgan fingerprint density at radius 3 is 2.50 bits per heavy atom. The topological polar surface area (TPSA) is 58.1 Å². The average molecular weight is 332 g/mol. The second kappa shape index (κ2) is 6.51. The monoisotopic (exact) mass is 332 g/mol. The molecule has 126 valence electrons. The van der Waals surface area contributed by atoms with Crippen molar-refractivity contribution in [2.45, 2.75) is 25.7 Å². The fourth-order valence-electron chi connectivity index (χ4n) is 2.57. The number of hydrogen-bond acceptors (Lipinski definition) is 4. The Morgan fingerprint density at radius 2 is 1.83 bits per heavy atom. The van der Waals surface area contributed by atoms with Crippen molar-refractivity contribution in [1.29, 1.82) is 0 Å². The number of anilines is 2. The van der Waals surface area contributed by atoms with E-state index in [1.165, 1.54) is 0 Å². The minimum absolute atomic E-state index is 0.197. The van der Waals surface area contributed by atoms with Crippen LogP contribution < -0.4 is 10.2 Å². The van der Waals surface area contributed by atoms with Crippen LogP contribution in [0, 0.1) is 6.92 Å². The maximum atomic E-state index is 13.3. The zero-order valence-electron chi connectivity index (χ0n) is 13.3. The van der Waals surface area contributed by atoms with Crippen LogP contribution in [0.4, 0.5) is 20.5 Å². The fourth-order valence-corrected chi connectivity index (χ4v) is 2.57. The number of amides is 1. The summed E-state index contributed by atoms with van der Waals surface area (Å²) >= 11 is 0. The lowest BCUT2D eigenvalue weighted by molar-refractivity contribution is -0.0222. The molecule has 1 N–H and O–H groups in total. The number of aromatic nitrogens is 2. The van der Waals surface area contributed by atoms with Crippen molar-refractivity contribution in [3.63, 3.8) is 0 Å². The first-order valence-corrected chi connectivity index (χ1v) is 7.78. The van der Waals surface area contributed by atoms with Gasteiger partial charge in [-0.3, -0.25) is 4.79 Å². The van der Waals surface area contributed by atoms with Gasteiger partial charge in [0.2, 0.25) is 5.95 Å². The highest BCUT2D eigenvalue weighted by Crippen LogP contribution is 2.29. The number of piperidine rings is 1. The van der Waals surface area contributed by atoms with E-state index in [4.69, 9.17) is 0 Å². The Kier molecular flexibility index (Phi) is 4.42. The number of carbonyl (C=O) groups excluding carboxylic acids is 1. The summed E-state index contributed by atoms with van der Waals surface area (Å²) in [5.74, 6) is -2.16. The van der Waals surface area contributed by atoms with Crippen molar-refractivity contribution in [3.05, 3.63) is 47.7 Å². The zero-order valence-corrected chi connectivity index (χ0v) is 13.3. The molecule has 1 amide bonds. The van der Waals surface area contributed by atoms with Crippen molar-refractivity contribution in [2.75, 3.05) is 23.3 Å². The molecule has 1 aliphatic heterocycles. The van der Waals surface area contributed by atoms with Gasteiger partial charge in [-0.05, 0) is 19.1 Å². The zero-order chi connectivity index (χ0) is 17.2. The molecule has 1 aliphatic rings. The molecule has 2 aromatic rings. The van der Waals surface area contributed by atoms with Crippen molar-refractivity contribution < 1.29 is 13.6 Å². The van der Waals surface area contributed by atoms with E-state index >= 15 is 0 Å². The van der Waals surface area contributed by atoms with E-state index in [-0.39, 0.29) is 31.8 Å². The molecule has 3 rings (SSSR count). The predicted molar refractivity (Wildman–Crippen MR) is 87.6 cm³/mol. The van der Waals surface area contributed by atoms with E-state index < -0.39 is 5.92 Å². The Balaban J connectivity index is 1.76. The molecule has 0 radical (unpaired) electrons. The van der Waals surface area contributed by atoms with Crippen LogP contribution in [0.15, 0.2) is 36.4 Å². The van der Waals surface area contributed by atoms with Crippen LogP contribution in [-0.4, -0.2) is 34.9 Å². The van der Waals surface area contributed by atoms with Crippen LogP contribution in [0.3, 0.4) is 0 Å². The fraction of sp³-hybridized carbons (Fsp3) is 0.353. The summed E-state index contributed by atoms with van der Waals surface area (Å²) in [6, 6.07) is 10.5. The van der Waals surface area contributed by atoms with E-state index in [1.54, 1.807) is 42.2 Å². The normalized spacial score (nSPS) is 16.7. The van der Waals surface area contributed by atoms with Gasteiger partial charge in [0, 0.05) is 43.3 Å². The molecule has 0 spiro atoms. The van der Waals surface area contributed by atoms with Gasteiger partial charge in [0.1, 0.15) is 5.82 Å². The third-order valence-electron chi connectivity index (χ3n) is 3.90. The summed E-state index contributed by atoms with van der Waals surface area (Å²) in [7, 11) is 0. The molecule has 1 saturated heterocycles. The number of nitrogens with one attached hydrogen (secondary N) is 1. The number of hydrogen-bond donors (Lipinski definition) is 1. The third kappa shape index (κ3) is 3.84. The van der Waals surface area contributed by atoms with Crippen LogP contribution in [0.5, 0.6) is 0 Å². The minimum Gasteiger partial charge on any atom is -0.340 e. The first-order valence-electron chi connectivity index (χ1n) is 7.78. The number of aryl methyl sites for hydroxylation is 1. The summed E-state index contributed by atoms with van der Waals surface area (Å²) in [5.41, 5.74) is 1.19. The molecule has 0 saturated carbocycles. The molecule has 5 nitrogen and oxygen atoms in total. The minimum atomic E-state index is -2.62. The van der Waals surface area contributed by atoms with Gasteiger partial charge in [0.15, 0.2) is 0 Å². The summed E-state index contributed by atoms with van der Waals surface area (Å²) in [4.78, 5) is 22.6. The summed E-state index contributed by atoms with van der Waals surface area (Å²) in [6.07, 6.45) is -0.425. The summed E-state index contributed by atoms with van der Waals surface area (Å²) in [6.45, 7) is 2.17. The Hall–Kier alpha value is -2.57. The Bertz CT molecular complexity index is 727. The molecule has 1 fully saturated rings. The first kappa shape index (κ1) is 16.3. The van der Waals surface area contributed by atoms with Crippen molar-refractivity contribution >= 4 is 17.7 Å². The van der Waals surface area contributed by atoms with E-state index in [9.17, 15) is 13.6 Å². The smallest absolute Gasteiger partial charge is 0.256 e. The molecule has 2 heterocycles. The molecule has 24 heavy (non-hydrogen) atoms. The van der Waals surface area contributed by atoms with Gasteiger partial charge in [0.25, 0.3) is 11.8 Å². The second-order valence-electron chi connectivity index (χ2n) is 5.86. The standard InChI is InChI=1S/C17H18F2N4O/c1-12-11-14(21-15(24)13-5-3-2-4-6-13)22-16(20-12)23-9-7-17(18,19)8-10-23/h2-6,11H,7-10H2,1H3,(H,20,21,22,24). The highest BCUT2D eigenvalue weighted by molar-refractivity contribution is 6.03. The first-order chi connectivity index (χ1) is 11.4. The van der Waals surface area contributed by atoms with Crippen molar-refractivity contribution in [1.82, 2.24) is 9.97 Å². The van der Waals surface area contributed by atoms with Gasteiger partial charge < -0.3 is 10.2 Å². The maximum absolute atomic E-state index is 13.3. The number of halogens is 2. The number of benzene rings is 1. The SMILES string of the molecule is Cc1cc(NC(=O)c2ccccc2)nc(N2CCC(F)(F)CC2)n1. The lowest BCUT2D eigenvalue weighted by Gasteiger charge is -2.31. The molecular formula is C17H18F2N4O. The van der Waals surface area contributed by atoms with E-state index in [2.05, 4.69) is 15.3 Å². The molecular weight excluding hydrogens is 314 g/mol. The molecule has 7 heteroatoms. The average Bonchev–Trinajstić information content (AvgIpc) is 2.55. The van der Waals surface area contributed by atoms with Crippen molar-refractivity contribution in [3.8, 4) is 0 Å². The maximum Gasteiger partial charge on any atom is 0.256 e. The second-order valence-corrected chi connectivity index (χ2v) is 5.86. The summed E-state index contributed by atoms with van der Waals surface area (Å²) in [5, 5.41) is 2.73. The van der Waals surface area contributed by atoms with E-state index in [0.717, 1.165) is 0 Å². The van der Waals surface area contributed by atoms with Gasteiger partial charge >= 0.3 is 0 Å². The van der Waals surface area contributed by atoms with Gasteiger partial charge in [-0.15, -0.1) is 0 Å². The molecule has 1 aromatic heterocycles. The highest BCUT2D eigenvalue weighted by Gasteiger charge is 2.34. The molecule has 0 unspecified atom stereocenters. The van der Waals surface area contributed by atoms with E-state index in [1.807, 2.05) is 6.07 Å². The lowest BCUT2D eigenvalue weighted by atomic mass is 10.1. The molecule has 1 aromatic carbocycles. The number of alkyl halides is 2. The lowest BCUT2D eigenvalue weighted by Crippen LogP contribution is -2.40. The van der Waals surface area contributed by atoms with E-state index in [0.29, 0.717) is 23.0 Å². The van der Waals surface area contributed by atoms with Crippen LogP contribution in [0.2, 0.25) is 0 Å². The van der Waals surface area contributed by atoms with Gasteiger partial charge in [-0.25, -0.2) is 13.8 Å². The molecule has 0 aliphatic carbocycles. The van der Waals surface area contributed by atoms with Crippen LogP contribution >= 0.6 is 0 Å².